The average Bonchev–Trinajstić information content (AvgIpc) is 2.42. The minimum atomic E-state index is -0.761. The van der Waals surface area contributed by atoms with E-state index in [0.717, 1.165) is 10.6 Å². The minimum absolute atomic E-state index is 0.00856. The van der Waals surface area contributed by atoms with Gasteiger partial charge in [-0.05, 0) is 33.6 Å². The summed E-state index contributed by atoms with van der Waals surface area (Å²) in [5.74, 6) is 0. The average molecular weight is 354 g/mol. The topological polar surface area (TPSA) is 108 Å². The van der Waals surface area contributed by atoms with E-state index in [-0.39, 0.29) is 12.2 Å². The first-order valence-corrected chi connectivity index (χ1v) is 6.46. The van der Waals surface area contributed by atoms with Gasteiger partial charge in [0, 0.05) is 18.3 Å². The molecular weight excluding hydrogens is 346 g/mol. The Balaban J connectivity index is 2.42. The van der Waals surface area contributed by atoms with Gasteiger partial charge in [-0.2, -0.15) is 0 Å². The van der Waals surface area contributed by atoms with Crippen LogP contribution in [0, 0.1) is 20.2 Å². The lowest BCUT2D eigenvalue weighted by molar-refractivity contribution is -0.386. The van der Waals surface area contributed by atoms with Crippen LogP contribution in [0.4, 0.5) is 11.4 Å². The zero-order chi connectivity index (χ0) is 15.6. The Labute approximate surface area is 126 Å². The van der Waals surface area contributed by atoms with Crippen LogP contribution in [-0.2, 0) is 6.54 Å². The molecule has 0 amide bonds. The molecule has 9 heteroatoms. The van der Waals surface area contributed by atoms with Gasteiger partial charge in [0.15, 0.2) is 0 Å². The van der Waals surface area contributed by atoms with E-state index in [0.29, 0.717) is 10.0 Å². The highest BCUT2D eigenvalue weighted by Crippen LogP contribution is 2.25. The molecule has 0 N–H and O–H groups in total. The maximum Gasteiger partial charge on any atom is 0.334 e. The quantitative estimate of drug-likeness (QED) is 0.619. The third kappa shape index (κ3) is 3.14. The normalized spacial score (nSPS) is 10.3. The summed E-state index contributed by atoms with van der Waals surface area (Å²) >= 11 is 3.06. The molecule has 1 heterocycles. The third-order valence-corrected chi connectivity index (χ3v) is 3.43. The van der Waals surface area contributed by atoms with Crippen LogP contribution in [0.2, 0.25) is 0 Å². The van der Waals surface area contributed by atoms with Crippen LogP contribution in [0.15, 0.2) is 45.8 Å². The molecule has 0 atom stereocenters. The van der Waals surface area contributed by atoms with Crippen molar-refractivity contribution in [1.29, 1.82) is 0 Å². The Morgan fingerprint density at radius 2 is 1.76 bits per heavy atom. The maximum absolute atomic E-state index is 11.9. The van der Waals surface area contributed by atoms with Crippen molar-refractivity contribution in [2.75, 3.05) is 0 Å². The van der Waals surface area contributed by atoms with Gasteiger partial charge in [0.25, 0.3) is 5.69 Å². The number of nitro benzene ring substituents is 1. The minimum Gasteiger partial charge on any atom is -0.305 e. The number of hydrogen-bond acceptors (Lipinski definition) is 5. The zero-order valence-electron chi connectivity index (χ0n) is 10.4. The molecule has 0 aliphatic rings. The van der Waals surface area contributed by atoms with Crippen molar-refractivity contribution in [3.63, 3.8) is 0 Å². The van der Waals surface area contributed by atoms with Crippen LogP contribution in [-0.4, -0.2) is 14.4 Å². The molecule has 1 aromatic heterocycles. The highest BCUT2D eigenvalue weighted by molar-refractivity contribution is 9.10. The molecule has 21 heavy (non-hydrogen) atoms. The summed E-state index contributed by atoms with van der Waals surface area (Å²) in [5.41, 5.74) is -0.935. The highest BCUT2D eigenvalue weighted by Gasteiger charge is 2.16. The van der Waals surface area contributed by atoms with E-state index >= 15 is 0 Å². The molecule has 0 fully saturated rings. The van der Waals surface area contributed by atoms with E-state index in [1.54, 1.807) is 6.07 Å². The van der Waals surface area contributed by atoms with Gasteiger partial charge in [0.1, 0.15) is 0 Å². The molecule has 0 spiro atoms. The Hall–Kier alpha value is -2.55. The third-order valence-electron chi connectivity index (χ3n) is 2.76. The van der Waals surface area contributed by atoms with E-state index < -0.39 is 21.1 Å². The van der Waals surface area contributed by atoms with Crippen LogP contribution in [0.1, 0.15) is 5.56 Å². The first-order valence-electron chi connectivity index (χ1n) is 5.67. The van der Waals surface area contributed by atoms with Crippen molar-refractivity contribution in [2.24, 2.45) is 0 Å². The standard InChI is InChI=1S/C12H8BrN3O5/c13-9-4-3-8(6-11(9)16(20)21)7-14-5-1-2-10(12(14)17)15(18)19/h1-6H,7H2. The van der Waals surface area contributed by atoms with Gasteiger partial charge in [0.05, 0.1) is 20.9 Å². The number of rotatable bonds is 4. The lowest BCUT2D eigenvalue weighted by Crippen LogP contribution is -2.22. The Bertz CT molecular complexity index is 787. The lowest BCUT2D eigenvalue weighted by Gasteiger charge is -2.06. The first kappa shape index (κ1) is 14.9. The second-order valence-corrected chi connectivity index (χ2v) is 4.98. The molecular formula is C12H8BrN3O5. The number of nitrogens with zero attached hydrogens (tertiary/aromatic N) is 3. The Morgan fingerprint density at radius 1 is 1.10 bits per heavy atom. The van der Waals surface area contributed by atoms with Crippen molar-refractivity contribution < 1.29 is 9.85 Å². The summed E-state index contributed by atoms with van der Waals surface area (Å²) in [6.45, 7) is 0.00856. The van der Waals surface area contributed by atoms with Gasteiger partial charge >= 0.3 is 11.2 Å². The predicted octanol–water partition coefficient (Wildman–Crippen LogP) is 2.48. The van der Waals surface area contributed by atoms with Crippen LogP contribution in [0.25, 0.3) is 0 Å². The second-order valence-electron chi connectivity index (χ2n) is 4.13. The van der Waals surface area contributed by atoms with Gasteiger partial charge < -0.3 is 4.57 Å². The molecule has 1 aromatic carbocycles. The summed E-state index contributed by atoms with van der Waals surface area (Å²) in [6.07, 6.45) is 1.39. The molecule has 0 saturated carbocycles. The monoisotopic (exact) mass is 353 g/mol. The predicted molar refractivity (Wildman–Crippen MR) is 77.3 cm³/mol. The maximum atomic E-state index is 11.9. The largest absolute Gasteiger partial charge is 0.334 e. The van der Waals surface area contributed by atoms with E-state index in [1.807, 2.05) is 0 Å². The van der Waals surface area contributed by atoms with E-state index in [4.69, 9.17) is 0 Å². The molecule has 0 unspecified atom stereocenters. The van der Waals surface area contributed by atoms with Crippen molar-refractivity contribution in [1.82, 2.24) is 4.57 Å². The molecule has 0 aliphatic heterocycles. The fourth-order valence-electron chi connectivity index (χ4n) is 1.78. The summed E-state index contributed by atoms with van der Waals surface area (Å²) in [4.78, 5) is 32.1. The van der Waals surface area contributed by atoms with Gasteiger partial charge in [-0.25, -0.2) is 0 Å². The second kappa shape index (κ2) is 5.83. The van der Waals surface area contributed by atoms with E-state index in [2.05, 4.69) is 15.9 Å². The molecule has 2 rings (SSSR count). The fourth-order valence-corrected chi connectivity index (χ4v) is 2.17. The fraction of sp³-hybridized carbons (Fsp3) is 0.0833. The highest BCUT2D eigenvalue weighted by atomic mass is 79.9. The van der Waals surface area contributed by atoms with Gasteiger partial charge in [0.2, 0.25) is 0 Å². The van der Waals surface area contributed by atoms with E-state index in [1.165, 1.54) is 24.4 Å². The van der Waals surface area contributed by atoms with Crippen molar-refractivity contribution in [2.45, 2.75) is 6.54 Å². The summed E-state index contributed by atoms with van der Waals surface area (Å²) < 4.78 is 1.45. The van der Waals surface area contributed by atoms with Crippen LogP contribution in [0.3, 0.4) is 0 Å². The van der Waals surface area contributed by atoms with Gasteiger partial charge in [-0.1, -0.05) is 6.07 Å². The van der Waals surface area contributed by atoms with Crippen LogP contribution < -0.4 is 5.56 Å². The molecule has 108 valence electrons. The van der Waals surface area contributed by atoms with Gasteiger partial charge in [-0.15, -0.1) is 0 Å². The molecule has 0 saturated heterocycles. The summed E-state index contributed by atoms with van der Waals surface area (Å²) in [6, 6.07) is 6.91. The van der Waals surface area contributed by atoms with Crippen LogP contribution >= 0.6 is 15.9 Å². The van der Waals surface area contributed by atoms with Crippen molar-refractivity contribution >= 4 is 27.3 Å². The molecule has 0 radical (unpaired) electrons. The SMILES string of the molecule is O=c1c([N+](=O)[O-])cccn1Cc1ccc(Br)c([N+](=O)[O-])c1. The molecule has 0 aliphatic carbocycles. The number of aromatic nitrogens is 1. The molecule has 2 aromatic rings. The number of benzene rings is 1. The summed E-state index contributed by atoms with van der Waals surface area (Å²) in [7, 11) is 0. The zero-order valence-corrected chi connectivity index (χ0v) is 12.0. The molecule has 0 bridgehead atoms. The van der Waals surface area contributed by atoms with Crippen molar-refractivity contribution in [3.05, 3.63) is 77.1 Å². The van der Waals surface area contributed by atoms with Gasteiger partial charge in [-0.3, -0.25) is 25.0 Å². The number of hydrogen-bond donors (Lipinski definition) is 0. The summed E-state index contributed by atoms with van der Waals surface area (Å²) in [5, 5.41) is 21.6. The van der Waals surface area contributed by atoms with E-state index in [9.17, 15) is 25.0 Å². The van der Waals surface area contributed by atoms with Crippen LogP contribution in [0.5, 0.6) is 0 Å². The molecule has 8 nitrogen and oxygen atoms in total. The van der Waals surface area contributed by atoms with Crippen molar-refractivity contribution in [3.8, 4) is 0 Å². The Morgan fingerprint density at radius 3 is 2.38 bits per heavy atom. The number of halogens is 1. The smallest absolute Gasteiger partial charge is 0.305 e. The first-order chi connectivity index (χ1) is 9.90. The number of nitro groups is 2. The Kier molecular flexibility index (Phi) is 4.13. The lowest BCUT2D eigenvalue weighted by atomic mass is 10.2. The number of pyridine rings is 1.